The van der Waals surface area contributed by atoms with Crippen LogP contribution < -0.4 is 0 Å². The van der Waals surface area contributed by atoms with Crippen molar-refractivity contribution in [1.29, 1.82) is 0 Å². The molecule has 0 spiro atoms. The first-order valence-corrected chi connectivity index (χ1v) is 9.71. The first kappa shape index (κ1) is 21.9. The van der Waals surface area contributed by atoms with E-state index in [4.69, 9.17) is 0 Å². The maximum atomic E-state index is 12.7. The molecule has 0 aromatic heterocycles. The zero-order valence-corrected chi connectivity index (χ0v) is 16.3. The molecule has 0 atom stereocenters. The molecule has 2 heterocycles. The van der Waals surface area contributed by atoms with Crippen molar-refractivity contribution < 1.29 is 22.8 Å². The zero-order chi connectivity index (χ0) is 20.0. The maximum Gasteiger partial charge on any atom is 0.406 e. The van der Waals surface area contributed by atoms with Crippen LogP contribution in [0.4, 0.5) is 13.2 Å². The van der Waals surface area contributed by atoms with E-state index in [-0.39, 0.29) is 24.9 Å². The second-order valence-corrected chi connectivity index (χ2v) is 7.92. The Morgan fingerprint density at radius 1 is 0.926 bits per heavy atom. The monoisotopic (exact) mass is 392 g/mol. The van der Waals surface area contributed by atoms with Crippen molar-refractivity contribution in [2.75, 3.05) is 65.4 Å². The molecular weight excluding hydrogens is 361 g/mol. The minimum Gasteiger partial charge on any atom is -0.342 e. The highest BCUT2D eigenvalue weighted by Crippen LogP contribution is 2.18. The first-order valence-electron chi connectivity index (χ1n) is 9.71. The van der Waals surface area contributed by atoms with Crippen LogP contribution in [0.2, 0.25) is 0 Å². The quantitative estimate of drug-likeness (QED) is 0.655. The summed E-state index contributed by atoms with van der Waals surface area (Å²) in [6, 6.07) is 0. The van der Waals surface area contributed by atoms with Crippen molar-refractivity contribution >= 4 is 11.8 Å². The third kappa shape index (κ3) is 7.65. The van der Waals surface area contributed by atoms with E-state index >= 15 is 0 Å². The molecule has 156 valence electrons. The van der Waals surface area contributed by atoms with E-state index in [0.717, 1.165) is 30.8 Å². The van der Waals surface area contributed by atoms with Crippen LogP contribution >= 0.6 is 0 Å². The number of likely N-dealkylation sites (tertiary alicyclic amines) is 1. The lowest BCUT2D eigenvalue weighted by Gasteiger charge is -2.36. The molecule has 0 saturated carbocycles. The highest BCUT2D eigenvalue weighted by atomic mass is 19.4. The summed E-state index contributed by atoms with van der Waals surface area (Å²) in [7, 11) is 0. The van der Waals surface area contributed by atoms with Crippen LogP contribution in [0.3, 0.4) is 0 Å². The van der Waals surface area contributed by atoms with Crippen LogP contribution in [0.25, 0.3) is 0 Å². The van der Waals surface area contributed by atoms with E-state index < -0.39 is 18.6 Å². The van der Waals surface area contributed by atoms with E-state index in [9.17, 15) is 22.8 Å². The number of piperazine rings is 1. The third-order valence-electron chi connectivity index (χ3n) is 4.95. The topological polar surface area (TPSA) is 47.1 Å². The van der Waals surface area contributed by atoms with E-state index in [2.05, 4.69) is 4.90 Å². The summed E-state index contributed by atoms with van der Waals surface area (Å²) >= 11 is 0. The molecule has 2 aliphatic rings. The maximum absolute atomic E-state index is 12.7. The number of carbonyl (C=O) groups excluding carboxylic acids is 2. The van der Waals surface area contributed by atoms with Crippen LogP contribution in [-0.2, 0) is 9.59 Å². The molecular formula is C18H31F3N4O2. The number of hydrogen-bond donors (Lipinski definition) is 0. The number of carbonyl (C=O) groups is 2. The standard InChI is InChI=1S/C18H31F3N4O2/c1-15(2)11-25(14-18(19,20)21)17(27)13-23-9-7-22(8-10-23)12-16(26)24-5-3-4-6-24/h15H,3-14H2,1-2H3. The molecule has 9 heteroatoms. The Bertz CT molecular complexity index is 499. The van der Waals surface area contributed by atoms with E-state index in [1.165, 1.54) is 0 Å². The highest BCUT2D eigenvalue weighted by molar-refractivity contribution is 5.79. The van der Waals surface area contributed by atoms with Crippen LogP contribution in [0.15, 0.2) is 0 Å². The second-order valence-electron chi connectivity index (χ2n) is 7.92. The molecule has 2 saturated heterocycles. The summed E-state index contributed by atoms with van der Waals surface area (Å²) < 4.78 is 38.2. The van der Waals surface area contributed by atoms with Gasteiger partial charge in [0.15, 0.2) is 0 Å². The summed E-state index contributed by atoms with van der Waals surface area (Å²) in [5.41, 5.74) is 0. The Morgan fingerprint density at radius 2 is 1.44 bits per heavy atom. The summed E-state index contributed by atoms with van der Waals surface area (Å²) in [6.45, 7) is 7.01. The Labute approximate surface area is 159 Å². The molecule has 0 aromatic rings. The van der Waals surface area contributed by atoms with Gasteiger partial charge in [-0.2, -0.15) is 13.2 Å². The van der Waals surface area contributed by atoms with Crippen molar-refractivity contribution in [1.82, 2.24) is 19.6 Å². The van der Waals surface area contributed by atoms with Gasteiger partial charge in [-0.1, -0.05) is 13.8 Å². The van der Waals surface area contributed by atoms with Crippen LogP contribution in [-0.4, -0.2) is 103 Å². The molecule has 0 N–H and O–H groups in total. The van der Waals surface area contributed by atoms with Gasteiger partial charge < -0.3 is 9.80 Å². The fourth-order valence-electron chi connectivity index (χ4n) is 3.57. The van der Waals surface area contributed by atoms with E-state index in [0.29, 0.717) is 32.7 Å². The van der Waals surface area contributed by atoms with Gasteiger partial charge in [0.2, 0.25) is 11.8 Å². The predicted molar refractivity (Wildman–Crippen MR) is 96.2 cm³/mol. The van der Waals surface area contributed by atoms with Crippen molar-refractivity contribution in [3.05, 3.63) is 0 Å². The van der Waals surface area contributed by atoms with E-state index in [1.807, 2.05) is 9.80 Å². The second kappa shape index (κ2) is 9.73. The minimum atomic E-state index is -4.39. The molecule has 2 fully saturated rings. The number of rotatable bonds is 7. The zero-order valence-electron chi connectivity index (χ0n) is 16.3. The average molecular weight is 392 g/mol. The van der Waals surface area contributed by atoms with Gasteiger partial charge in [0.05, 0.1) is 13.1 Å². The largest absolute Gasteiger partial charge is 0.406 e. The number of alkyl halides is 3. The van der Waals surface area contributed by atoms with Crippen LogP contribution in [0.1, 0.15) is 26.7 Å². The Kier molecular flexibility index (Phi) is 7.91. The normalized spacial score (nSPS) is 19.7. The molecule has 6 nitrogen and oxygen atoms in total. The summed E-state index contributed by atoms with van der Waals surface area (Å²) in [6.07, 6.45) is -2.27. The molecule has 2 rings (SSSR count). The van der Waals surface area contributed by atoms with Crippen molar-refractivity contribution in [2.45, 2.75) is 32.9 Å². The van der Waals surface area contributed by atoms with Gasteiger partial charge in [-0.15, -0.1) is 0 Å². The lowest BCUT2D eigenvalue weighted by atomic mass is 10.2. The first-order chi connectivity index (χ1) is 12.6. The fraction of sp³-hybridized carbons (Fsp3) is 0.889. The summed E-state index contributed by atoms with van der Waals surface area (Å²) in [5, 5.41) is 0. The third-order valence-corrected chi connectivity index (χ3v) is 4.95. The molecule has 0 unspecified atom stereocenters. The molecule has 2 amide bonds. The van der Waals surface area contributed by atoms with Gasteiger partial charge in [0, 0.05) is 45.8 Å². The molecule has 2 aliphatic heterocycles. The molecule has 0 aromatic carbocycles. The summed E-state index contributed by atoms with van der Waals surface area (Å²) in [4.78, 5) is 31.3. The number of halogens is 3. The fourth-order valence-corrected chi connectivity index (χ4v) is 3.57. The van der Waals surface area contributed by atoms with Gasteiger partial charge >= 0.3 is 6.18 Å². The van der Waals surface area contributed by atoms with Crippen molar-refractivity contribution in [3.63, 3.8) is 0 Å². The highest BCUT2D eigenvalue weighted by Gasteiger charge is 2.34. The van der Waals surface area contributed by atoms with Gasteiger partial charge in [-0.3, -0.25) is 19.4 Å². The number of amides is 2. The van der Waals surface area contributed by atoms with Crippen molar-refractivity contribution in [2.24, 2.45) is 5.92 Å². The molecule has 0 bridgehead atoms. The SMILES string of the molecule is CC(C)CN(CC(F)(F)F)C(=O)CN1CCN(CC(=O)N2CCCC2)CC1. The smallest absolute Gasteiger partial charge is 0.342 e. The number of hydrogen-bond acceptors (Lipinski definition) is 4. The van der Waals surface area contributed by atoms with Gasteiger partial charge in [-0.05, 0) is 18.8 Å². The number of nitrogens with zero attached hydrogens (tertiary/aromatic N) is 4. The minimum absolute atomic E-state index is 0.00326. The Hall–Kier alpha value is -1.35. The lowest BCUT2D eigenvalue weighted by Crippen LogP contribution is -2.53. The van der Waals surface area contributed by atoms with Gasteiger partial charge in [0.1, 0.15) is 6.54 Å². The molecule has 0 aliphatic carbocycles. The van der Waals surface area contributed by atoms with Crippen LogP contribution in [0, 0.1) is 5.92 Å². The summed E-state index contributed by atoms with van der Waals surface area (Å²) in [5.74, 6) is -0.363. The lowest BCUT2D eigenvalue weighted by molar-refractivity contribution is -0.163. The van der Waals surface area contributed by atoms with Crippen LogP contribution in [0.5, 0.6) is 0 Å². The Morgan fingerprint density at radius 3 is 1.93 bits per heavy atom. The molecule has 0 radical (unpaired) electrons. The predicted octanol–water partition coefficient (Wildman–Crippen LogP) is 1.27. The molecule has 27 heavy (non-hydrogen) atoms. The van der Waals surface area contributed by atoms with Gasteiger partial charge in [0.25, 0.3) is 0 Å². The average Bonchev–Trinajstić information content (AvgIpc) is 3.09. The van der Waals surface area contributed by atoms with Gasteiger partial charge in [-0.25, -0.2) is 0 Å². The van der Waals surface area contributed by atoms with Crippen molar-refractivity contribution in [3.8, 4) is 0 Å². The van der Waals surface area contributed by atoms with E-state index in [1.54, 1.807) is 13.8 Å². The Balaban J connectivity index is 1.77.